The largest absolute Gasteiger partial charge is 3.00 e. The Morgan fingerprint density at radius 1 is 0.317 bits per heavy atom. The molecule has 3 aliphatic heterocycles. The van der Waals surface area contributed by atoms with Gasteiger partial charge >= 0.3 is 60.3 Å². The van der Waals surface area contributed by atoms with Crippen LogP contribution in [-0.2, 0) is 60.3 Å². The number of nitrogens with zero attached hydrogens (tertiary/aromatic N) is 18. The monoisotopic (exact) mass is 2420 g/mol. The smallest absolute Gasteiger partial charge is 0.501 e. The van der Waals surface area contributed by atoms with E-state index in [2.05, 4.69) is 314 Å². The first-order valence-electron chi connectivity index (χ1n) is 47.8. The Labute approximate surface area is 889 Å². The minimum Gasteiger partial charge on any atom is -0.501 e. The fourth-order valence-electron chi connectivity index (χ4n) is 19.0. The van der Waals surface area contributed by atoms with Crippen LogP contribution in [0.4, 0.5) is 57.4 Å². The van der Waals surface area contributed by atoms with Crippen molar-refractivity contribution in [1.29, 1.82) is 0 Å². The van der Waals surface area contributed by atoms with Crippen LogP contribution in [0.15, 0.2) is 353 Å². The molecule has 0 radical (unpaired) electrons. The molecule has 18 nitrogen and oxygen atoms in total. The number of imidazole rings is 3. The van der Waals surface area contributed by atoms with E-state index in [0.717, 1.165) is 125 Å². The maximum Gasteiger partial charge on any atom is 3.00 e. The Morgan fingerprint density at radius 3 is 1.23 bits per heavy atom. The number of anilines is 10. The molecule has 14 aromatic carbocycles. The summed E-state index contributed by atoms with van der Waals surface area (Å²) in [4.78, 5) is 54.0. The van der Waals surface area contributed by atoms with Gasteiger partial charge in [0.05, 0.1) is 52.3 Å². The average Bonchev–Trinajstić information content (AvgIpc) is 1.62. The topological polar surface area (TPSA) is 149 Å². The average molecular weight is 2420 g/mol. The molecule has 0 spiro atoms. The zero-order chi connectivity index (χ0) is 97.8. The van der Waals surface area contributed by atoms with Gasteiger partial charge in [-0.3, -0.25) is 15.0 Å². The van der Waals surface area contributed by atoms with E-state index < -0.39 is 0 Å². The molecule has 11 heterocycles. The second-order valence-corrected chi connectivity index (χ2v) is 36.4. The van der Waals surface area contributed by atoms with E-state index in [-0.39, 0.29) is 60.3 Å². The molecule has 0 fully saturated rings. The van der Waals surface area contributed by atoms with Crippen molar-refractivity contribution in [3.05, 3.63) is 465 Å². The molecular formula is C124H105Ir3N18. The third-order valence-electron chi connectivity index (χ3n) is 26.0. The summed E-state index contributed by atoms with van der Waals surface area (Å²) in [6, 6.07) is 123. The van der Waals surface area contributed by atoms with Crippen molar-refractivity contribution in [1.82, 2.24) is 58.2 Å². The summed E-state index contributed by atoms with van der Waals surface area (Å²) in [7, 11) is 4.00. The summed E-state index contributed by atoms with van der Waals surface area (Å²) in [6.45, 7) is 32.1. The number of aryl methyl sites for hydroxylation is 8. The number of rotatable bonds is 12. The van der Waals surface area contributed by atoms with Crippen LogP contribution in [0, 0.1) is 112 Å². The third-order valence-corrected chi connectivity index (χ3v) is 26.0. The predicted molar refractivity (Wildman–Crippen MR) is 580 cm³/mol. The van der Waals surface area contributed by atoms with E-state index in [1.54, 1.807) is 12.4 Å². The van der Waals surface area contributed by atoms with E-state index in [1.165, 1.54) is 105 Å². The van der Waals surface area contributed by atoms with Crippen LogP contribution in [-0.4, -0.2) is 72.3 Å². The maximum atomic E-state index is 4.81. The standard InChI is InChI=1S/2C24H19N2.C21H23N2.2C19H16N4.C17H12N4.3Ir/c2*1-15-11-12-21-20(13-15)18-9-4-5-10-19(18)24-25-14-22(26(21)24)23-16(2)7-6-8-17(23)3;1-15(2)18-11-8-12-19(16(3)4)20(18)23-14-13-22-21(23)17-9-6-5-7-10-17;1-14-8-6-7-11-16(14)18-20-12-17-19(21-18)22(2)13-23(17)15-9-4-3-5-10-15;1-14-8-6-7-11-16(14)18-20-12-17-19(21-18)23(13-22(17)2)15-9-4-3-5-10-15;1-3-7-14(8-4-1)20-13-21(15-9-5-2-6-10-15)17-16(20)18-11-12-19-17;;;/h2*4-9,11-14H,1-3H3;5-9,11-16H,1-4H3;2*3-9,11-13H,1-2H3;1-9,11-13H;;;/q3*-1;3*-2;3*+3. The molecule has 0 saturated carbocycles. The van der Waals surface area contributed by atoms with E-state index >= 15 is 0 Å². The van der Waals surface area contributed by atoms with Crippen molar-refractivity contribution in [3.8, 4) is 62.4 Å². The SMILES string of the molecule is CC(C)c1cccc(C(C)C)c1-n1ccnc1-c1[c-]cccc1.Cc1ccc2c(c1)c1ccc[c-]c1c1ncc(-c3c(C)cccc3C)n21.Cc1ccc2c(c1)c1ccc[c-]c1c1ncc(-c3c(C)cccc3C)n21.Cc1ccccc1-c1ncc2c(n1)N(C)[CH-]N2c1[c-]cccc1.Cc1ccccc1-c1ncc2c(n1)N(c1[c-]cccc1)[CH-]N2C.[Ir+3].[Ir+3].[Ir+3].[c-]1ccccc1N1[CH-]N(c2ccccc2)c2nccnc21. The van der Waals surface area contributed by atoms with Crippen LogP contribution < -0.4 is 29.4 Å². The number of hydrogen-bond donors (Lipinski definition) is 0. The van der Waals surface area contributed by atoms with Crippen LogP contribution >= 0.6 is 0 Å². The minimum absolute atomic E-state index is 0. The number of fused-ring (bicyclic) bond motifs is 15. The first-order valence-corrected chi connectivity index (χ1v) is 47.8. The number of pyridine rings is 2. The van der Waals surface area contributed by atoms with E-state index in [4.69, 9.17) is 19.9 Å². The molecule has 22 aromatic rings. The van der Waals surface area contributed by atoms with E-state index in [1.807, 2.05) is 247 Å². The van der Waals surface area contributed by atoms with Gasteiger partial charge in [0.1, 0.15) is 23.3 Å². The van der Waals surface area contributed by atoms with Gasteiger partial charge in [0.2, 0.25) is 0 Å². The van der Waals surface area contributed by atoms with Gasteiger partial charge < -0.3 is 42.8 Å². The van der Waals surface area contributed by atoms with Crippen molar-refractivity contribution in [2.75, 3.05) is 43.5 Å². The van der Waals surface area contributed by atoms with Gasteiger partial charge in [-0.05, 0) is 161 Å². The first kappa shape index (κ1) is 101. The van der Waals surface area contributed by atoms with E-state index in [9.17, 15) is 0 Å². The number of hydrogen-bond acceptors (Lipinski definition) is 15. The number of para-hydroxylation sites is 5. The minimum atomic E-state index is 0. The van der Waals surface area contributed by atoms with Crippen LogP contribution in [0.2, 0.25) is 0 Å². The summed E-state index contributed by atoms with van der Waals surface area (Å²) in [5.74, 6) is 6.76. The van der Waals surface area contributed by atoms with Crippen molar-refractivity contribution >= 4 is 112 Å². The predicted octanol–water partition coefficient (Wildman–Crippen LogP) is 29.2. The second kappa shape index (κ2) is 44.7. The molecule has 0 aliphatic carbocycles. The molecule has 718 valence electrons. The fraction of sp³-hybridized carbons (Fsp3) is 0.129. The van der Waals surface area contributed by atoms with Crippen LogP contribution in [0.3, 0.4) is 0 Å². The van der Waals surface area contributed by atoms with Gasteiger partial charge in [0.25, 0.3) is 0 Å². The molecule has 0 unspecified atom stereocenters. The Bertz CT molecular complexity index is 8010. The van der Waals surface area contributed by atoms with Crippen molar-refractivity contribution in [3.63, 3.8) is 0 Å². The Kier molecular flexibility index (Phi) is 31.2. The number of aromatic nitrogens is 12. The third kappa shape index (κ3) is 20.5. The van der Waals surface area contributed by atoms with E-state index in [0.29, 0.717) is 11.8 Å². The van der Waals surface area contributed by atoms with Gasteiger partial charge in [0.15, 0.2) is 11.6 Å². The van der Waals surface area contributed by atoms with Crippen LogP contribution in [0.5, 0.6) is 0 Å². The Hall–Kier alpha value is -15.3. The zero-order valence-corrected chi connectivity index (χ0v) is 90.1. The normalized spacial score (nSPS) is 12.1. The zero-order valence-electron chi connectivity index (χ0n) is 82.9. The number of benzene rings is 14. The summed E-state index contributed by atoms with van der Waals surface area (Å²) < 4.78 is 6.81. The van der Waals surface area contributed by atoms with Crippen molar-refractivity contribution in [2.24, 2.45) is 0 Å². The molecular weight excluding hydrogens is 2320 g/mol. The molecule has 0 amide bonds. The van der Waals surface area contributed by atoms with Gasteiger partial charge in [-0.1, -0.05) is 195 Å². The van der Waals surface area contributed by atoms with Gasteiger partial charge in [0, 0.05) is 81.8 Å². The molecule has 21 heteroatoms. The molecule has 8 aromatic heterocycles. The van der Waals surface area contributed by atoms with Gasteiger partial charge in [-0.15, -0.1) is 119 Å². The summed E-state index contributed by atoms with van der Waals surface area (Å²) in [6.07, 6.45) is 15.1. The van der Waals surface area contributed by atoms with Gasteiger partial charge in [-0.25, -0.2) is 29.9 Å². The summed E-state index contributed by atoms with van der Waals surface area (Å²) >= 11 is 0. The summed E-state index contributed by atoms with van der Waals surface area (Å²) in [5.41, 5.74) is 32.0. The van der Waals surface area contributed by atoms with Crippen molar-refractivity contribution < 1.29 is 60.3 Å². The quantitative estimate of drug-likeness (QED) is 0.0843. The van der Waals surface area contributed by atoms with Crippen LogP contribution in [0.1, 0.15) is 95.2 Å². The molecule has 0 saturated heterocycles. The molecule has 3 aliphatic rings. The maximum absolute atomic E-state index is 4.81. The van der Waals surface area contributed by atoms with Gasteiger partial charge in [-0.2, -0.15) is 104 Å². The van der Waals surface area contributed by atoms with Crippen LogP contribution in [0.25, 0.3) is 117 Å². The fourth-order valence-corrected chi connectivity index (χ4v) is 19.0. The Morgan fingerprint density at radius 2 is 0.745 bits per heavy atom. The van der Waals surface area contributed by atoms with Crippen molar-refractivity contribution in [2.45, 2.75) is 94.9 Å². The second-order valence-electron chi connectivity index (χ2n) is 36.4. The molecule has 145 heavy (non-hydrogen) atoms. The Balaban J connectivity index is 0.000000119. The first-order chi connectivity index (χ1) is 69.3. The molecule has 0 N–H and O–H groups in total. The summed E-state index contributed by atoms with van der Waals surface area (Å²) in [5, 5.41) is 7.05. The molecule has 0 atom stereocenters. The molecule has 25 rings (SSSR count). The molecule has 0 bridgehead atoms.